The fourth-order valence-corrected chi connectivity index (χ4v) is 1.47. The quantitative estimate of drug-likeness (QED) is 0.885. The number of aryl methyl sites for hydroxylation is 1. The molecule has 1 amide bonds. The molecule has 19 heavy (non-hydrogen) atoms. The van der Waals surface area contributed by atoms with Gasteiger partial charge in [-0.25, -0.2) is 0 Å². The second-order valence-corrected chi connectivity index (χ2v) is 4.03. The Labute approximate surface area is 107 Å². The van der Waals surface area contributed by atoms with Gasteiger partial charge in [0.1, 0.15) is 0 Å². The van der Waals surface area contributed by atoms with Crippen LogP contribution in [0.2, 0.25) is 0 Å². The number of nitrogens with one attached hydrogen (secondary N) is 1. The number of rotatable bonds is 4. The number of hydrogen-bond acceptors (Lipinski definition) is 2. The highest BCUT2D eigenvalue weighted by Gasteiger charge is 2.40. The smallest absolute Gasteiger partial charge is 0.471 e. The minimum atomic E-state index is -5.04. The molecule has 0 heterocycles. The van der Waals surface area contributed by atoms with Crippen LogP contribution in [0, 0.1) is 6.92 Å². The van der Waals surface area contributed by atoms with Crippen molar-refractivity contribution in [1.29, 1.82) is 0 Å². The molecule has 0 spiro atoms. The van der Waals surface area contributed by atoms with Crippen LogP contribution in [0.3, 0.4) is 0 Å². The van der Waals surface area contributed by atoms with Crippen LogP contribution in [-0.4, -0.2) is 23.2 Å². The van der Waals surface area contributed by atoms with Crippen molar-refractivity contribution < 1.29 is 27.9 Å². The molecular weight excluding hydrogens is 263 g/mol. The molecule has 7 heteroatoms. The molecule has 0 aromatic heterocycles. The van der Waals surface area contributed by atoms with E-state index in [1.54, 1.807) is 24.4 Å². The Morgan fingerprint density at radius 1 is 1.26 bits per heavy atom. The Balaban J connectivity index is 2.92. The van der Waals surface area contributed by atoms with Crippen LogP contribution < -0.4 is 5.32 Å². The zero-order valence-electron chi connectivity index (χ0n) is 9.99. The van der Waals surface area contributed by atoms with E-state index in [4.69, 9.17) is 5.11 Å². The van der Waals surface area contributed by atoms with Crippen molar-refractivity contribution in [1.82, 2.24) is 5.32 Å². The number of carbonyl (C=O) groups is 2. The first-order valence-corrected chi connectivity index (χ1v) is 5.36. The summed E-state index contributed by atoms with van der Waals surface area (Å²) in [5.74, 6) is -3.45. The summed E-state index contributed by atoms with van der Waals surface area (Å²) >= 11 is 0. The fraction of sp³-hybridized carbons (Fsp3) is 0.333. The van der Waals surface area contributed by atoms with Crippen LogP contribution in [0.1, 0.15) is 23.6 Å². The zero-order valence-corrected chi connectivity index (χ0v) is 9.99. The number of carboxylic acids is 1. The van der Waals surface area contributed by atoms with Crippen LogP contribution in [0.25, 0.3) is 0 Å². The van der Waals surface area contributed by atoms with Crippen LogP contribution in [0.4, 0.5) is 13.2 Å². The molecule has 2 N–H and O–H groups in total. The van der Waals surface area contributed by atoms with E-state index >= 15 is 0 Å². The van der Waals surface area contributed by atoms with E-state index in [1.807, 2.05) is 0 Å². The molecule has 0 radical (unpaired) electrons. The number of alkyl halides is 3. The molecule has 0 saturated heterocycles. The Kier molecular flexibility index (Phi) is 4.52. The van der Waals surface area contributed by atoms with Crippen LogP contribution in [0.5, 0.6) is 0 Å². The summed E-state index contributed by atoms with van der Waals surface area (Å²) in [6, 6.07) is 5.01. The highest BCUT2D eigenvalue weighted by Crippen LogP contribution is 2.21. The number of benzene rings is 1. The van der Waals surface area contributed by atoms with Gasteiger partial charge >= 0.3 is 18.1 Å². The first-order chi connectivity index (χ1) is 8.70. The van der Waals surface area contributed by atoms with E-state index in [0.717, 1.165) is 5.56 Å². The lowest BCUT2D eigenvalue weighted by Crippen LogP contribution is -2.39. The number of carboxylic acid groups (broad SMARTS) is 1. The van der Waals surface area contributed by atoms with Gasteiger partial charge in [0.05, 0.1) is 12.5 Å². The maximum absolute atomic E-state index is 12.2. The minimum absolute atomic E-state index is 0.311. The highest BCUT2D eigenvalue weighted by molar-refractivity contribution is 5.82. The van der Waals surface area contributed by atoms with Gasteiger partial charge < -0.3 is 10.4 Å². The molecule has 0 aliphatic heterocycles. The highest BCUT2D eigenvalue weighted by atomic mass is 19.4. The predicted octanol–water partition coefficient (Wildman–Crippen LogP) is 2.19. The normalized spacial score (nSPS) is 12.8. The SMILES string of the molecule is Cc1ccc(C(CC(=O)O)NC(=O)C(F)(F)F)cc1. The predicted molar refractivity (Wildman–Crippen MR) is 60.4 cm³/mol. The lowest BCUT2D eigenvalue weighted by molar-refractivity contribution is -0.174. The number of hydrogen-bond donors (Lipinski definition) is 2. The average Bonchev–Trinajstić information content (AvgIpc) is 2.27. The van der Waals surface area contributed by atoms with Gasteiger partial charge in [-0.1, -0.05) is 29.8 Å². The first kappa shape index (κ1) is 15.0. The third-order valence-corrected chi connectivity index (χ3v) is 2.42. The molecule has 0 aliphatic rings. The van der Waals surface area contributed by atoms with Gasteiger partial charge in [0.2, 0.25) is 0 Å². The summed E-state index contributed by atoms with van der Waals surface area (Å²) in [5.41, 5.74) is 1.19. The summed E-state index contributed by atoms with van der Waals surface area (Å²) in [5, 5.41) is 10.4. The number of aliphatic carboxylic acids is 1. The Morgan fingerprint density at radius 3 is 2.21 bits per heavy atom. The van der Waals surface area contributed by atoms with E-state index in [-0.39, 0.29) is 0 Å². The molecule has 0 fully saturated rings. The van der Waals surface area contributed by atoms with Crippen molar-refractivity contribution in [2.45, 2.75) is 25.6 Å². The molecule has 1 aromatic carbocycles. The Bertz CT molecular complexity index is 468. The van der Waals surface area contributed by atoms with Crippen molar-refractivity contribution in [2.75, 3.05) is 0 Å². The first-order valence-electron chi connectivity index (χ1n) is 5.36. The van der Waals surface area contributed by atoms with Gasteiger partial charge in [0.25, 0.3) is 0 Å². The molecular formula is C12H12F3NO3. The molecule has 1 atom stereocenters. The van der Waals surface area contributed by atoms with E-state index < -0.39 is 30.5 Å². The van der Waals surface area contributed by atoms with Crippen molar-refractivity contribution in [3.8, 4) is 0 Å². The topological polar surface area (TPSA) is 66.4 Å². The lowest BCUT2D eigenvalue weighted by atomic mass is 10.0. The van der Waals surface area contributed by atoms with E-state index in [2.05, 4.69) is 0 Å². The molecule has 104 valence electrons. The number of carbonyl (C=O) groups excluding carboxylic acids is 1. The summed E-state index contributed by atoms with van der Waals surface area (Å²) in [6.07, 6.45) is -5.66. The van der Waals surface area contributed by atoms with Crippen molar-refractivity contribution in [3.05, 3.63) is 35.4 Å². The summed E-state index contributed by atoms with van der Waals surface area (Å²) in [7, 11) is 0. The molecule has 1 aromatic rings. The molecule has 4 nitrogen and oxygen atoms in total. The van der Waals surface area contributed by atoms with Crippen molar-refractivity contribution in [2.24, 2.45) is 0 Å². The van der Waals surface area contributed by atoms with Crippen LogP contribution in [-0.2, 0) is 9.59 Å². The van der Waals surface area contributed by atoms with Gasteiger partial charge in [-0.2, -0.15) is 13.2 Å². The van der Waals surface area contributed by atoms with Gasteiger partial charge in [-0.15, -0.1) is 0 Å². The molecule has 1 unspecified atom stereocenters. The molecule has 0 bridgehead atoms. The largest absolute Gasteiger partial charge is 0.481 e. The standard InChI is InChI=1S/C12H12F3NO3/c1-7-2-4-8(5-3-7)9(6-10(17)18)16-11(19)12(13,14)15/h2-5,9H,6H2,1H3,(H,16,19)(H,17,18). The molecule has 0 aliphatic carbocycles. The van der Waals surface area contributed by atoms with Crippen LogP contribution in [0.15, 0.2) is 24.3 Å². The summed E-state index contributed by atoms with van der Waals surface area (Å²) in [4.78, 5) is 21.5. The number of halogens is 3. The molecule has 1 rings (SSSR count). The Hall–Kier alpha value is -2.05. The van der Waals surface area contributed by atoms with Gasteiger partial charge in [-0.3, -0.25) is 9.59 Å². The van der Waals surface area contributed by atoms with E-state index in [0.29, 0.717) is 5.56 Å². The minimum Gasteiger partial charge on any atom is -0.481 e. The third kappa shape index (κ3) is 4.61. The number of amides is 1. The molecule has 0 saturated carbocycles. The Morgan fingerprint density at radius 2 is 1.79 bits per heavy atom. The third-order valence-electron chi connectivity index (χ3n) is 2.42. The van der Waals surface area contributed by atoms with Crippen molar-refractivity contribution in [3.63, 3.8) is 0 Å². The average molecular weight is 275 g/mol. The van der Waals surface area contributed by atoms with Gasteiger partial charge in [0.15, 0.2) is 0 Å². The maximum Gasteiger partial charge on any atom is 0.471 e. The zero-order chi connectivity index (χ0) is 14.6. The maximum atomic E-state index is 12.2. The second-order valence-electron chi connectivity index (χ2n) is 4.03. The van der Waals surface area contributed by atoms with Gasteiger partial charge in [-0.05, 0) is 12.5 Å². The van der Waals surface area contributed by atoms with Gasteiger partial charge in [0, 0.05) is 0 Å². The fourth-order valence-electron chi connectivity index (χ4n) is 1.47. The van der Waals surface area contributed by atoms with Crippen molar-refractivity contribution >= 4 is 11.9 Å². The second kappa shape index (κ2) is 5.73. The van der Waals surface area contributed by atoms with E-state index in [1.165, 1.54) is 12.1 Å². The summed E-state index contributed by atoms with van der Waals surface area (Å²) in [6.45, 7) is 1.78. The van der Waals surface area contributed by atoms with E-state index in [9.17, 15) is 22.8 Å². The lowest BCUT2D eigenvalue weighted by Gasteiger charge is -2.18. The summed E-state index contributed by atoms with van der Waals surface area (Å²) < 4.78 is 36.5. The van der Waals surface area contributed by atoms with Crippen LogP contribution >= 0.6 is 0 Å². The monoisotopic (exact) mass is 275 g/mol.